The number of pyridine rings is 1. The van der Waals surface area contributed by atoms with Crippen LogP contribution in [0.3, 0.4) is 0 Å². The summed E-state index contributed by atoms with van der Waals surface area (Å²) in [5, 5.41) is 4.05. The summed E-state index contributed by atoms with van der Waals surface area (Å²) in [4.78, 5) is 3.96. The Labute approximate surface area is 106 Å². The summed E-state index contributed by atoms with van der Waals surface area (Å²) in [5.41, 5.74) is 0. The van der Waals surface area contributed by atoms with Crippen LogP contribution in [-0.2, 0) is 4.74 Å². The molecule has 94 valence electrons. The van der Waals surface area contributed by atoms with Crippen LogP contribution in [0.15, 0.2) is 18.5 Å². The van der Waals surface area contributed by atoms with E-state index in [0.29, 0.717) is 23.4 Å². The molecular weight excluding hydrogens is 240 g/mol. The Hall–Kier alpha value is -0.840. The summed E-state index contributed by atoms with van der Waals surface area (Å²) in [5.74, 6) is 0.714. The molecule has 0 bridgehead atoms. The predicted octanol–water partition coefficient (Wildman–Crippen LogP) is 1.88. The Morgan fingerprint density at radius 3 is 3.00 bits per heavy atom. The number of nitrogens with zero attached hydrogens (tertiary/aromatic N) is 1. The molecule has 1 N–H and O–H groups in total. The van der Waals surface area contributed by atoms with E-state index in [9.17, 15) is 0 Å². The highest BCUT2D eigenvalue weighted by molar-refractivity contribution is 6.30. The summed E-state index contributed by atoms with van der Waals surface area (Å²) in [7, 11) is 0. The second-order valence-electron chi connectivity index (χ2n) is 4.03. The zero-order valence-corrected chi connectivity index (χ0v) is 10.4. The first-order valence-electron chi connectivity index (χ1n) is 5.89. The average molecular weight is 257 g/mol. The fourth-order valence-electron chi connectivity index (χ4n) is 1.80. The maximum atomic E-state index is 5.81. The second-order valence-corrected chi connectivity index (χ2v) is 4.46. The topological polar surface area (TPSA) is 43.4 Å². The molecule has 2 heterocycles. The summed E-state index contributed by atoms with van der Waals surface area (Å²) >= 11 is 5.81. The minimum atomic E-state index is 0.560. The highest BCUT2D eigenvalue weighted by atomic mass is 35.5. The predicted molar refractivity (Wildman–Crippen MR) is 66.6 cm³/mol. The van der Waals surface area contributed by atoms with Crippen LogP contribution in [-0.4, -0.2) is 37.4 Å². The molecule has 0 radical (unpaired) electrons. The van der Waals surface area contributed by atoms with E-state index in [4.69, 9.17) is 21.1 Å². The molecule has 5 heteroatoms. The molecule has 1 aliphatic rings. The molecule has 17 heavy (non-hydrogen) atoms. The number of hydrogen-bond donors (Lipinski definition) is 1. The molecule has 0 amide bonds. The largest absolute Gasteiger partial charge is 0.491 e. The van der Waals surface area contributed by atoms with Crippen molar-refractivity contribution in [2.75, 3.05) is 26.4 Å². The lowest BCUT2D eigenvalue weighted by atomic mass is 10.1. The molecule has 1 aromatic rings. The van der Waals surface area contributed by atoms with Crippen molar-refractivity contribution < 1.29 is 9.47 Å². The highest BCUT2D eigenvalue weighted by Crippen LogP contribution is 2.14. The van der Waals surface area contributed by atoms with Gasteiger partial charge >= 0.3 is 0 Å². The van der Waals surface area contributed by atoms with Crippen molar-refractivity contribution >= 4 is 11.6 Å². The van der Waals surface area contributed by atoms with E-state index in [2.05, 4.69) is 10.3 Å². The van der Waals surface area contributed by atoms with E-state index in [1.807, 2.05) is 0 Å². The lowest BCUT2D eigenvalue weighted by molar-refractivity contribution is 0.0770. The Kier molecular flexibility index (Phi) is 5.04. The number of aromatic nitrogens is 1. The van der Waals surface area contributed by atoms with E-state index in [0.717, 1.165) is 32.6 Å². The van der Waals surface area contributed by atoms with Crippen molar-refractivity contribution in [3.8, 4) is 5.75 Å². The number of hydrogen-bond acceptors (Lipinski definition) is 4. The minimum Gasteiger partial charge on any atom is -0.491 e. The Morgan fingerprint density at radius 2 is 2.24 bits per heavy atom. The molecule has 0 saturated carbocycles. The first-order valence-corrected chi connectivity index (χ1v) is 6.27. The Morgan fingerprint density at radius 1 is 1.41 bits per heavy atom. The Bertz CT molecular complexity index is 343. The first-order chi connectivity index (χ1) is 8.34. The zero-order valence-electron chi connectivity index (χ0n) is 9.69. The second kappa shape index (κ2) is 6.79. The van der Waals surface area contributed by atoms with Gasteiger partial charge in [0.2, 0.25) is 0 Å². The lowest BCUT2D eigenvalue weighted by Crippen LogP contribution is -2.37. The molecule has 0 unspecified atom stereocenters. The lowest BCUT2D eigenvalue weighted by Gasteiger charge is -2.23. The fraction of sp³-hybridized carbons (Fsp3) is 0.583. The van der Waals surface area contributed by atoms with E-state index >= 15 is 0 Å². The molecule has 0 atom stereocenters. The van der Waals surface area contributed by atoms with Crippen molar-refractivity contribution in [3.05, 3.63) is 23.5 Å². The van der Waals surface area contributed by atoms with Crippen molar-refractivity contribution in [1.82, 2.24) is 10.3 Å². The van der Waals surface area contributed by atoms with Crippen LogP contribution in [0.5, 0.6) is 5.75 Å². The maximum Gasteiger partial charge on any atom is 0.139 e. The van der Waals surface area contributed by atoms with E-state index in [1.54, 1.807) is 18.5 Å². The van der Waals surface area contributed by atoms with Crippen molar-refractivity contribution in [1.29, 1.82) is 0 Å². The van der Waals surface area contributed by atoms with E-state index < -0.39 is 0 Å². The molecule has 1 fully saturated rings. The van der Waals surface area contributed by atoms with Crippen LogP contribution >= 0.6 is 11.6 Å². The SMILES string of the molecule is Clc1cncc(OCCNC2CCOCC2)c1. The van der Waals surface area contributed by atoms with Crippen LogP contribution in [0.25, 0.3) is 0 Å². The van der Waals surface area contributed by atoms with Crippen LogP contribution in [0.4, 0.5) is 0 Å². The van der Waals surface area contributed by atoms with Crippen molar-refractivity contribution in [3.63, 3.8) is 0 Å². The van der Waals surface area contributed by atoms with Gasteiger partial charge in [0.25, 0.3) is 0 Å². The molecule has 2 rings (SSSR count). The molecule has 0 aromatic carbocycles. The van der Waals surface area contributed by atoms with Crippen LogP contribution in [0.2, 0.25) is 5.02 Å². The summed E-state index contributed by atoms with van der Waals surface area (Å²) < 4.78 is 10.8. The smallest absolute Gasteiger partial charge is 0.139 e. The van der Waals surface area contributed by atoms with Gasteiger partial charge < -0.3 is 14.8 Å². The summed E-state index contributed by atoms with van der Waals surface area (Å²) in [6, 6.07) is 2.33. The molecule has 4 nitrogen and oxygen atoms in total. The molecular formula is C12H17ClN2O2. The van der Waals surface area contributed by atoms with Crippen LogP contribution in [0.1, 0.15) is 12.8 Å². The molecule has 0 spiro atoms. The number of ether oxygens (including phenoxy) is 2. The van der Waals surface area contributed by atoms with Gasteiger partial charge in [-0.3, -0.25) is 4.98 Å². The molecule has 1 saturated heterocycles. The minimum absolute atomic E-state index is 0.560. The first kappa shape index (κ1) is 12.6. The van der Waals surface area contributed by atoms with Gasteiger partial charge in [-0.1, -0.05) is 11.6 Å². The van der Waals surface area contributed by atoms with Crippen molar-refractivity contribution in [2.45, 2.75) is 18.9 Å². The van der Waals surface area contributed by atoms with Gasteiger partial charge in [0, 0.05) is 38.1 Å². The standard InChI is InChI=1S/C12H17ClN2O2/c13-10-7-12(9-14-8-10)17-6-3-15-11-1-4-16-5-2-11/h7-9,11,15H,1-6H2. The molecule has 1 aliphatic heterocycles. The normalized spacial score (nSPS) is 17.0. The summed E-state index contributed by atoms with van der Waals surface area (Å²) in [6.45, 7) is 3.17. The van der Waals surface area contributed by atoms with Crippen LogP contribution in [0, 0.1) is 0 Å². The van der Waals surface area contributed by atoms with E-state index in [1.165, 1.54) is 0 Å². The van der Waals surface area contributed by atoms with Gasteiger partial charge in [-0.15, -0.1) is 0 Å². The van der Waals surface area contributed by atoms with Crippen molar-refractivity contribution in [2.24, 2.45) is 0 Å². The van der Waals surface area contributed by atoms with Gasteiger partial charge in [-0.25, -0.2) is 0 Å². The fourth-order valence-corrected chi connectivity index (χ4v) is 1.97. The van der Waals surface area contributed by atoms with E-state index in [-0.39, 0.29) is 0 Å². The Balaban J connectivity index is 1.62. The van der Waals surface area contributed by atoms with Gasteiger partial charge in [-0.05, 0) is 12.8 Å². The molecule has 0 aliphatic carbocycles. The number of rotatable bonds is 5. The monoisotopic (exact) mass is 256 g/mol. The molecule has 1 aromatic heterocycles. The third kappa shape index (κ3) is 4.50. The highest BCUT2D eigenvalue weighted by Gasteiger charge is 2.12. The quantitative estimate of drug-likeness (QED) is 0.817. The zero-order chi connectivity index (χ0) is 11.9. The summed E-state index contributed by atoms with van der Waals surface area (Å²) in [6.07, 6.45) is 5.42. The number of nitrogens with one attached hydrogen (secondary N) is 1. The van der Waals surface area contributed by atoms with Gasteiger partial charge in [0.05, 0.1) is 11.2 Å². The third-order valence-corrected chi connectivity index (χ3v) is 2.91. The van der Waals surface area contributed by atoms with Gasteiger partial charge in [0.1, 0.15) is 12.4 Å². The van der Waals surface area contributed by atoms with Gasteiger partial charge in [0.15, 0.2) is 0 Å². The van der Waals surface area contributed by atoms with Crippen LogP contribution < -0.4 is 10.1 Å². The maximum absolute atomic E-state index is 5.81. The average Bonchev–Trinajstić information content (AvgIpc) is 2.36. The number of halogens is 1. The van der Waals surface area contributed by atoms with Gasteiger partial charge in [-0.2, -0.15) is 0 Å². The third-order valence-electron chi connectivity index (χ3n) is 2.70.